The number of amides is 1. The molecule has 7 heteroatoms. The third kappa shape index (κ3) is 7.25. The summed E-state index contributed by atoms with van der Waals surface area (Å²) in [5.74, 6) is -1.44. The second-order valence-corrected chi connectivity index (χ2v) is 6.22. The number of carbonyl (C=O) groups excluding carboxylic acids is 3. The summed E-state index contributed by atoms with van der Waals surface area (Å²) in [6.45, 7) is 0.0749. The highest BCUT2D eigenvalue weighted by Crippen LogP contribution is 2.09. The third-order valence-electron chi connectivity index (χ3n) is 3.74. The Bertz CT molecular complexity index is 844. The molecular weight excluding hydrogens is 382 g/mol. The van der Waals surface area contributed by atoms with Gasteiger partial charge in [0.25, 0.3) is 5.91 Å². The molecule has 0 aliphatic heterocycles. The van der Waals surface area contributed by atoms with E-state index in [4.69, 9.17) is 16.3 Å². The van der Waals surface area contributed by atoms with Crippen molar-refractivity contribution in [3.05, 3.63) is 76.3 Å². The van der Waals surface area contributed by atoms with Crippen molar-refractivity contribution in [3.8, 4) is 0 Å². The fourth-order valence-electron chi connectivity index (χ4n) is 2.25. The predicted molar refractivity (Wildman–Crippen MR) is 106 cm³/mol. The van der Waals surface area contributed by atoms with Crippen LogP contribution in [0.4, 0.5) is 0 Å². The van der Waals surface area contributed by atoms with Gasteiger partial charge in [-0.1, -0.05) is 35.9 Å². The summed E-state index contributed by atoms with van der Waals surface area (Å²) in [6, 6.07) is 13.9. The summed E-state index contributed by atoms with van der Waals surface area (Å²) < 4.78 is 9.51. The molecule has 0 atom stereocenters. The quantitative estimate of drug-likeness (QED) is 0.543. The van der Waals surface area contributed by atoms with Crippen molar-refractivity contribution in [1.29, 1.82) is 0 Å². The number of benzene rings is 2. The van der Waals surface area contributed by atoms with Gasteiger partial charge in [-0.15, -0.1) is 0 Å². The Labute approximate surface area is 168 Å². The number of halogens is 1. The van der Waals surface area contributed by atoms with Crippen LogP contribution in [0.3, 0.4) is 0 Å². The minimum absolute atomic E-state index is 0.356. The molecule has 0 saturated carbocycles. The molecule has 0 aliphatic carbocycles. The lowest BCUT2D eigenvalue weighted by molar-refractivity contribution is -0.143. The lowest BCUT2D eigenvalue weighted by atomic mass is 10.1. The van der Waals surface area contributed by atoms with Crippen molar-refractivity contribution in [3.63, 3.8) is 0 Å². The van der Waals surface area contributed by atoms with Crippen LogP contribution in [0.5, 0.6) is 0 Å². The maximum absolute atomic E-state index is 11.7. The number of hydrogen-bond donors (Lipinski definition) is 1. The first-order valence-corrected chi connectivity index (χ1v) is 8.90. The van der Waals surface area contributed by atoms with Crippen LogP contribution in [-0.2, 0) is 25.5 Å². The number of esters is 2. The van der Waals surface area contributed by atoms with E-state index in [0.717, 1.165) is 5.56 Å². The largest absolute Gasteiger partial charge is 0.465 e. The van der Waals surface area contributed by atoms with Crippen molar-refractivity contribution in [1.82, 2.24) is 5.32 Å². The van der Waals surface area contributed by atoms with Crippen molar-refractivity contribution < 1.29 is 23.9 Å². The predicted octanol–water partition coefficient (Wildman–Crippen LogP) is 3.04. The molecular formula is C21H20ClNO5. The van der Waals surface area contributed by atoms with Crippen molar-refractivity contribution in [2.75, 3.05) is 20.3 Å². The molecule has 6 nitrogen and oxygen atoms in total. The van der Waals surface area contributed by atoms with Crippen LogP contribution in [0.15, 0.2) is 54.6 Å². The Balaban J connectivity index is 1.69. The second-order valence-electron chi connectivity index (χ2n) is 5.78. The Kier molecular flexibility index (Phi) is 8.24. The maximum Gasteiger partial charge on any atom is 0.337 e. The van der Waals surface area contributed by atoms with Crippen LogP contribution in [0.1, 0.15) is 21.5 Å². The van der Waals surface area contributed by atoms with E-state index in [1.165, 1.54) is 19.3 Å². The number of rotatable bonds is 8. The molecule has 1 amide bonds. The zero-order valence-corrected chi connectivity index (χ0v) is 16.1. The highest BCUT2D eigenvalue weighted by Gasteiger charge is 2.06. The average Bonchev–Trinajstić information content (AvgIpc) is 2.72. The van der Waals surface area contributed by atoms with Gasteiger partial charge in [0.2, 0.25) is 0 Å². The topological polar surface area (TPSA) is 81.7 Å². The van der Waals surface area contributed by atoms with Gasteiger partial charge in [-0.3, -0.25) is 4.79 Å². The molecule has 0 bridgehead atoms. The smallest absolute Gasteiger partial charge is 0.337 e. The van der Waals surface area contributed by atoms with E-state index < -0.39 is 11.9 Å². The van der Waals surface area contributed by atoms with Gasteiger partial charge in [0, 0.05) is 17.6 Å². The highest BCUT2D eigenvalue weighted by atomic mass is 35.5. The monoisotopic (exact) mass is 401 g/mol. The molecule has 2 rings (SSSR count). The van der Waals surface area contributed by atoms with Gasteiger partial charge in [-0.05, 0) is 47.9 Å². The zero-order chi connectivity index (χ0) is 20.4. The summed E-state index contributed by atoms with van der Waals surface area (Å²) >= 11 is 5.81. The molecule has 0 aromatic heterocycles. The lowest BCUT2D eigenvalue weighted by Crippen LogP contribution is -2.30. The Hall–Kier alpha value is -3.12. The van der Waals surface area contributed by atoms with E-state index in [2.05, 4.69) is 10.1 Å². The highest BCUT2D eigenvalue weighted by molar-refractivity contribution is 6.30. The molecule has 146 valence electrons. The molecule has 0 fully saturated rings. The van der Waals surface area contributed by atoms with E-state index in [1.807, 2.05) is 12.1 Å². The van der Waals surface area contributed by atoms with Gasteiger partial charge >= 0.3 is 11.9 Å². The summed E-state index contributed by atoms with van der Waals surface area (Å²) in [5, 5.41) is 3.34. The van der Waals surface area contributed by atoms with E-state index >= 15 is 0 Å². The number of hydrogen-bond acceptors (Lipinski definition) is 5. The van der Waals surface area contributed by atoms with E-state index in [0.29, 0.717) is 29.1 Å². The van der Waals surface area contributed by atoms with Crippen molar-refractivity contribution in [2.45, 2.75) is 6.42 Å². The van der Waals surface area contributed by atoms with Crippen LogP contribution >= 0.6 is 11.6 Å². The number of ether oxygens (including phenoxy) is 2. The van der Waals surface area contributed by atoms with Gasteiger partial charge in [0.05, 0.1) is 12.7 Å². The molecule has 2 aromatic carbocycles. The van der Waals surface area contributed by atoms with E-state index in [9.17, 15) is 14.4 Å². The average molecular weight is 402 g/mol. The number of methoxy groups -OCH3 is 1. The minimum atomic E-state index is -0.634. The number of carbonyl (C=O) groups is 3. The fraction of sp³-hybridized carbons (Fsp3) is 0.190. The molecule has 0 radical (unpaired) electrons. The summed E-state index contributed by atoms with van der Waals surface area (Å²) in [5.41, 5.74) is 2.16. The van der Waals surface area contributed by atoms with Gasteiger partial charge in [-0.25, -0.2) is 9.59 Å². The SMILES string of the molecule is COC(=O)c1ccc(/C=C/C(=O)OCC(=O)NCCc2ccc(Cl)cc2)cc1. The first-order chi connectivity index (χ1) is 13.5. The molecule has 0 unspecified atom stereocenters. The molecule has 28 heavy (non-hydrogen) atoms. The minimum Gasteiger partial charge on any atom is -0.465 e. The lowest BCUT2D eigenvalue weighted by Gasteiger charge is -2.06. The summed E-state index contributed by atoms with van der Waals surface area (Å²) in [6.07, 6.45) is 3.40. The van der Waals surface area contributed by atoms with Crippen LogP contribution in [0.25, 0.3) is 6.08 Å². The van der Waals surface area contributed by atoms with E-state index in [1.54, 1.807) is 36.4 Å². The first kappa shape index (κ1) is 21.2. The van der Waals surface area contributed by atoms with Crippen molar-refractivity contribution >= 4 is 35.5 Å². The van der Waals surface area contributed by atoms with E-state index in [-0.39, 0.29) is 12.5 Å². The van der Waals surface area contributed by atoms with Crippen molar-refractivity contribution in [2.24, 2.45) is 0 Å². The summed E-state index contributed by atoms with van der Waals surface area (Å²) in [4.78, 5) is 34.8. The van der Waals surface area contributed by atoms with Crippen LogP contribution in [0, 0.1) is 0 Å². The van der Waals surface area contributed by atoms with Gasteiger partial charge < -0.3 is 14.8 Å². The Morgan fingerprint density at radius 2 is 1.71 bits per heavy atom. The standard InChI is InChI=1S/C21H20ClNO5/c1-27-21(26)17-7-2-15(3-8-17)6-11-20(25)28-14-19(24)23-13-12-16-4-9-18(22)10-5-16/h2-11H,12-14H2,1H3,(H,23,24)/b11-6+. The van der Waals surface area contributed by atoms with Gasteiger partial charge in [-0.2, -0.15) is 0 Å². The second kappa shape index (κ2) is 10.9. The van der Waals surface area contributed by atoms with Gasteiger partial charge in [0.1, 0.15) is 0 Å². The third-order valence-corrected chi connectivity index (χ3v) is 3.99. The molecule has 0 aliphatic rings. The van der Waals surface area contributed by atoms with Gasteiger partial charge in [0.15, 0.2) is 6.61 Å². The molecule has 1 N–H and O–H groups in total. The molecule has 2 aromatic rings. The zero-order valence-electron chi connectivity index (χ0n) is 15.3. The summed E-state index contributed by atoms with van der Waals surface area (Å²) in [7, 11) is 1.31. The Morgan fingerprint density at radius 3 is 2.36 bits per heavy atom. The fourth-order valence-corrected chi connectivity index (χ4v) is 2.37. The Morgan fingerprint density at radius 1 is 1.04 bits per heavy atom. The molecule has 0 saturated heterocycles. The van der Waals surface area contributed by atoms with Crippen LogP contribution in [-0.4, -0.2) is 38.1 Å². The normalized spacial score (nSPS) is 10.5. The maximum atomic E-state index is 11.7. The molecule has 0 heterocycles. The van der Waals surface area contributed by atoms with Crippen LogP contribution in [0.2, 0.25) is 5.02 Å². The molecule has 0 spiro atoms. The first-order valence-electron chi connectivity index (χ1n) is 8.52. The number of nitrogens with one attached hydrogen (secondary N) is 1. The van der Waals surface area contributed by atoms with Crippen LogP contribution < -0.4 is 5.32 Å².